The maximum Gasteiger partial charge on any atom is 0.433 e. The molecule has 7 heteroatoms. The highest BCUT2D eigenvalue weighted by Gasteiger charge is 2.32. The zero-order valence-corrected chi connectivity index (χ0v) is 15.9. The molecule has 2 aromatic heterocycles. The van der Waals surface area contributed by atoms with Crippen LogP contribution in [0, 0.1) is 6.92 Å². The summed E-state index contributed by atoms with van der Waals surface area (Å²) in [5, 5.41) is 3.43. The van der Waals surface area contributed by atoms with Crippen LogP contribution in [0.25, 0.3) is 22.0 Å². The van der Waals surface area contributed by atoms with E-state index in [1.807, 2.05) is 31.2 Å². The number of hydrogen-bond donors (Lipinski definition) is 1. The van der Waals surface area contributed by atoms with E-state index in [1.54, 1.807) is 24.4 Å². The number of nitrogens with one attached hydrogen (secondary N) is 1. The van der Waals surface area contributed by atoms with Crippen molar-refractivity contribution in [1.29, 1.82) is 0 Å². The molecule has 0 aliphatic carbocycles. The van der Waals surface area contributed by atoms with Gasteiger partial charge in [0.15, 0.2) is 0 Å². The van der Waals surface area contributed by atoms with Crippen molar-refractivity contribution in [3.8, 4) is 11.1 Å². The van der Waals surface area contributed by atoms with Crippen molar-refractivity contribution in [2.24, 2.45) is 0 Å². The van der Waals surface area contributed by atoms with Crippen molar-refractivity contribution in [2.75, 3.05) is 5.32 Å². The molecule has 1 amide bonds. The molecule has 1 N–H and O–H groups in total. The van der Waals surface area contributed by atoms with E-state index in [1.165, 1.54) is 6.07 Å². The third-order valence-electron chi connectivity index (χ3n) is 4.61. The Morgan fingerprint density at radius 1 is 0.900 bits per heavy atom. The highest BCUT2D eigenvalue weighted by Crippen LogP contribution is 2.28. The number of hydrogen-bond acceptors (Lipinski definition) is 3. The molecule has 0 saturated carbocycles. The molecule has 0 unspecified atom stereocenters. The molecule has 0 saturated heterocycles. The molecule has 150 valence electrons. The Balaban J connectivity index is 1.56. The fraction of sp³-hybridized carbons (Fsp3) is 0.0870. The fourth-order valence-corrected chi connectivity index (χ4v) is 3.08. The number of aryl methyl sites for hydroxylation is 1. The molecule has 0 aliphatic rings. The van der Waals surface area contributed by atoms with Crippen LogP contribution in [0.4, 0.5) is 18.9 Å². The summed E-state index contributed by atoms with van der Waals surface area (Å²) in [6.07, 6.45) is -1.80. The van der Waals surface area contributed by atoms with Crippen LogP contribution in [-0.2, 0) is 6.18 Å². The second-order valence-electron chi connectivity index (χ2n) is 6.88. The Morgan fingerprint density at radius 3 is 2.43 bits per heavy atom. The van der Waals surface area contributed by atoms with E-state index in [4.69, 9.17) is 0 Å². The normalized spacial score (nSPS) is 11.5. The van der Waals surface area contributed by atoms with Gasteiger partial charge in [-0.2, -0.15) is 13.2 Å². The van der Waals surface area contributed by atoms with Crippen molar-refractivity contribution in [3.05, 3.63) is 89.9 Å². The van der Waals surface area contributed by atoms with Gasteiger partial charge < -0.3 is 5.32 Å². The molecule has 0 radical (unpaired) electrons. The van der Waals surface area contributed by atoms with Gasteiger partial charge in [0.05, 0.1) is 17.4 Å². The molecule has 0 aliphatic heterocycles. The van der Waals surface area contributed by atoms with Gasteiger partial charge in [-0.05, 0) is 42.8 Å². The van der Waals surface area contributed by atoms with Gasteiger partial charge in [0.1, 0.15) is 5.69 Å². The lowest BCUT2D eigenvalue weighted by atomic mass is 10.0. The summed E-state index contributed by atoms with van der Waals surface area (Å²) in [6.45, 7) is 2.02. The predicted octanol–water partition coefficient (Wildman–Crippen LogP) is 5.88. The number of halogens is 3. The maximum atomic E-state index is 12.6. The largest absolute Gasteiger partial charge is 0.433 e. The molecular formula is C23H16F3N3O. The van der Waals surface area contributed by atoms with Gasteiger partial charge in [0.2, 0.25) is 0 Å². The van der Waals surface area contributed by atoms with Crippen LogP contribution < -0.4 is 5.32 Å². The lowest BCUT2D eigenvalue weighted by Crippen LogP contribution is -2.13. The molecule has 2 aromatic carbocycles. The highest BCUT2D eigenvalue weighted by atomic mass is 19.4. The van der Waals surface area contributed by atoms with Crippen molar-refractivity contribution in [3.63, 3.8) is 0 Å². The summed E-state index contributed by atoms with van der Waals surface area (Å²) >= 11 is 0. The quantitative estimate of drug-likeness (QED) is 0.462. The molecular weight excluding hydrogens is 391 g/mol. The second kappa shape index (κ2) is 7.59. The number of fused-ring (bicyclic) bond motifs is 1. The number of amides is 1. The third kappa shape index (κ3) is 4.15. The number of pyridine rings is 2. The first-order valence-electron chi connectivity index (χ1n) is 9.11. The third-order valence-corrected chi connectivity index (χ3v) is 4.61. The zero-order valence-electron chi connectivity index (χ0n) is 15.9. The molecule has 0 bridgehead atoms. The minimum absolute atomic E-state index is 0.177. The number of anilines is 1. The smallest absolute Gasteiger partial charge is 0.321 e. The molecule has 2 heterocycles. The van der Waals surface area contributed by atoms with E-state index in [0.29, 0.717) is 11.1 Å². The molecule has 0 spiro atoms. The van der Waals surface area contributed by atoms with E-state index in [9.17, 15) is 18.0 Å². The topological polar surface area (TPSA) is 54.9 Å². The van der Waals surface area contributed by atoms with Crippen LogP contribution in [0.1, 0.15) is 21.6 Å². The molecule has 30 heavy (non-hydrogen) atoms. The van der Waals surface area contributed by atoms with Gasteiger partial charge in [-0.15, -0.1) is 0 Å². The summed E-state index contributed by atoms with van der Waals surface area (Å²) in [7, 11) is 0. The fourth-order valence-electron chi connectivity index (χ4n) is 3.08. The molecule has 0 fully saturated rings. The maximum absolute atomic E-state index is 12.6. The minimum Gasteiger partial charge on any atom is -0.321 e. The van der Waals surface area contributed by atoms with Gasteiger partial charge in [0, 0.05) is 22.7 Å². The van der Waals surface area contributed by atoms with Gasteiger partial charge in [-0.3, -0.25) is 9.78 Å². The number of carbonyl (C=O) groups excluding carboxylic acids is 1. The first-order chi connectivity index (χ1) is 14.3. The van der Waals surface area contributed by atoms with Crippen molar-refractivity contribution < 1.29 is 18.0 Å². The van der Waals surface area contributed by atoms with Crippen LogP contribution in [0.3, 0.4) is 0 Å². The first-order valence-corrected chi connectivity index (χ1v) is 9.11. The first kappa shape index (κ1) is 19.6. The molecule has 0 atom stereocenters. The molecule has 4 nitrogen and oxygen atoms in total. The Morgan fingerprint density at radius 2 is 1.73 bits per heavy atom. The highest BCUT2D eigenvalue weighted by molar-refractivity contribution is 6.06. The van der Waals surface area contributed by atoms with Gasteiger partial charge in [-0.25, -0.2) is 4.98 Å². The van der Waals surface area contributed by atoms with E-state index in [-0.39, 0.29) is 5.69 Å². The van der Waals surface area contributed by atoms with Crippen molar-refractivity contribution in [1.82, 2.24) is 9.97 Å². The summed E-state index contributed by atoms with van der Waals surface area (Å²) in [6, 6.07) is 17.2. The van der Waals surface area contributed by atoms with Crippen LogP contribution in [0.15, 0.2) is 73.1 Å². The summed E-state index contributed by atoms with van der Waals surface area (Å²) < 4.78 is 37.8. The van der Waals surface area contributed by atoms with Gasteiger partial charge in [0.25, 0.3) is 5.91 Å². The monoisotopic (exact) mass is 407 g/mol. The Labute approximate surface area is 170 Å². The van der Waals surface area contributed by atoms with Crippen molar-refractivity contribution >= 4 is 22.5 Å². The van der Waals surface area contributed by atoms with E-state index >= 15 is 0 Å². The van der Waals surface area contributed by atoms with Crippen LogP contribution >= 0.6 is 0 Å². The molecule has 4 rings (SSSR count). The number of aromatic nitrogens is 2. The Bertz CT molecular complexity index is 1230. The SMILES string of the molecule is Cc1cccc(-c2cnc3cc(C(=O)Nc4ccc(C(F)(F)F)nc4)ccc3c2)c1. The Hall–Kier alpha value is -3.74. The lowest BCUT2D eigenvalue weighted by molar-refractivity contribution is -0.141. The number of rotatable bonds is 3. The summed E-state index contributed by atoms with van der Waals surface area (Å²) in [5.74, 6) is -0.456. The van der Waals surface area contributed by atoms with E-state index in [0.717, 1.165) is 34.3 Å². The van der Waals surface area contributed by atoms with Crippen LogP contribution in [0.2, 0.25) is 0 Å². The lowest BCUT2D eigenvalue weighted by Gasteiger charge is -2.09. The van der Waals surface area contributed by atoms with Crippen LogP contribution in [0.5, 0.6) is 0 Å². The molecule has 4 aromatic rings. The number of alkyl halides is 3. The number of benzene rings is 2. The van der Waals surface area contributed by atoms with Gasteiger partial charge in [-0.1, -0.05) is 35.9 Å². The average molecular weight is 407 g/mol. The van der Waals surface area contributed by atoms with E-state index in [2.05, 4.69) is 21.4 Å². The summed E-state index contributed by atoms with van der Waals surface area (Å²) in [4.78, 5) is 20.3. The standard InChI is InChI=1S/C23H16F3N3O/c1-14-3-2-4-15(9-14)18-10-16-5-6-17(11-20(16)27-12-18)22(30)29-19-7-8-21(28-13-19)23(24,25)26/h2-13H,1H3,(H,29,30). The van der Waals surface area contributed by atoms with E-state index < -0.39 is 17.8 Å². The average Bonchev–Trinajstić information content (AvgIpc) is 2.72. The Kier molecular flexibility index (Phi) is 4.95. The minimum atomic E-state index is -4.52. The number of nitrogens with zero attached hydrogens (tertiary/aromatic N) is 2. The van der Waals surface area contributed by atoms with Gasteiger partial charge >= 0.3 is 6.18 Å². The number of carbonyl (C=O) groups is 1. The predicted molar refractivity (Wildman–Crippen MR) is 109 cm³/mol. The van der Waals surface area contributed by atoms with Crippen molar-refractivity contribution in [2.45, 2.75) is 13.1 Å². The zero-order chi connectivity index (χ0) is 21.3. The second-order valence-corrected chi connectivity index (χ2v) is 6.88. The van der Waals surface area contributed by atoms with Crippen LogP contribution in [-0.4, -0.2) is 15.9 Å². The summed E-state index contributed by atoms with van der Waals surface area (Å²) in [5.41, 5.74) is 3.33.